The van der Waals surface area contributed by atoms with Gasteiger partial charge in [-0.25, -0.2) is 4.39 Å². The molecule has 2 atom stereocenters. The van der Waals surface area contributed by atoms with Gasteiger partial charge in [0.15, 0.2) is 0 Å². The normalized spacial score (nSPS) is 22.7. The third-order valence-electron chi connectivity index (χ3n) is 2.00. The van der Waals surface area contributed by atoms with E-state index in [1.54, 1.807) is 0 Å². The van der Waals surface area contributed by atoms with Crippen LogP contribution in [0, 0.1) is 0 Å². The highest BCUT2D eigenvalue weighted by Crippen LogP contribution is 2.48. The molecule has 0 saturated carbocycles. The summed E-state index contributed by atoms with van der Waals surface area (Å²) in [7, 11) is 0. The van der Waals surface area contributed by atoms with Gasteiger partial charge in [-0.05, 0) is 13.8 Å². The van der Waals surface area contributed by atoms with Crippen molar-refractivity contribution in [1.82, 2.24) is 0 Å². The van der Waals surface area contributed by atoms with Gasteiger partial charge >= 0.3 is 12.4 Å². The SMILES string of the molecule is CC(O)(C(F)(F)F)C(C)(F)C(F)(F)F. The van der Waals surface area contributed by atoms with E-state index in [0.717, 1.165) is 0 Å². The molecule has 0 aliphatic heterocycles. The molecule has 2 unspecified atom stereocenters. The fourth-order valence-electron chi connectivity index (χ4n) is 0.542. The van der Waals surface area contributed by atoms with Crippen LogP contribution in [0.2, 0.25) is 0 Å². The van der Waals surface area contributed by atoms with E-state index in [2.05, 4.69) is 0 Å². The summed E-state index contributed by atoms with van der Waals surface area (Å²) in [6.45, 7) is -0.624. The molecule has 86 valence electrons. The van der Waals surface area contributed by atoms with Gasteiger partial charge in [-0.2, -0.15) is 26.3 Å². The lowest BCUT2D eigenvalue weighted by molar-refractivity contribution is -0.353. The lowest BCUT2D eigenvalue weighted by Gasteiger charge is -2.38. The summed E-state index contributed by atoms with van der Waals surface area (Å²) >= 11 is 0. The van der Waals surface area contributed by atoms with E-state index in [4.69, 9.17) is 5.11 Å². The maximum Gasteiger partial charge on any atom is 0.425 e. The number of alkyl halides is 7. The quantitative estimate of drug-likeness (QED) is 0.684. The Morgan fingerprint density at radius 3 is 1.07 bits per heavy atom. The Balaban J connectivity index is 5.30. The second kappa shape index (κ2) is 2.98. The molecule has 0 rings (SSSR count). The van der Waals surface area contributed by atoms with E-state index in [1.165, 1.54) is 0 Å². The van der Waals surface area contributed by atoms with Crippen LogP contribution >= 0.6 is 0 Å². The molecule has 0 amide bonds. The molecule has 0 fully saturated rings. The minimum Gasteiger partial charge on any atom is -0.378 e. The molecule has 0 radical (unpaired) electrons. The molecule has 0 spiro atoms. The Morgan fingerprint density at radius 1 is 0.714 bits per heavy atom. The number of aliphatic hydroxyl groups is 1. The third-order valence-corrected chi connectivity index (χ3v) is 2.00. The van der Waals surface area contributed by atoms with Crippen molar-refractivity contribution in [2.45, 2.75) is 37.5 Å². The summed E-state index contributed by atoms with van der Waals surface area (Å²) in [5, 5.41) is 8.49. The Bertz CT molecular complexity index is 187. The molecule has 0 aromatic heterocycles. The monoisotopic (exact) mass is 228 g/mol. The van der Waals surface area contributed by atoms with E-state index in [-0.39, 0.29) is 13.8 Å². The average Bonchev–Trinajstić information content (AvgIpc) is 1.81. The van der Waals surface area contributed by atoms with Crippen LogP contribution in [0.5, 0.6) is 0 Å². The van der Waals surface area contributed by atoms with E-state index in [0.29, 0.717) is 0 Å². The topological polar surface area (TPSA) is 20.2 Å². The molecule has 14 heavy (non-hydrogen) atoms. The van der Waals surface area contributed by atoms with Crippen molar-refractivity contribution >= 4 is 0 Å². The highest BCUT2D eigenvalue weighted by atomic mass is 19.4. The molecule has 8 heteroatoms. The van der Waals surface area contributed by atoms with Crippen LogP contribution in [0.15, 0.2) is 0 Å². The lowest BCUT2D eigenvalue weighted by Crippen LogP contribution is -2.63. The van der Waals surface area contributed by atoms with Gasteiger partial charge in [0.25, 0.3) is 0 Å². The van der Waals surface area contributed by atoms with Crippen molar-refractivity contribution in [2.75, 3.05) is 0 Å². The average molecular weight is 228 g/mol. The molecule has 0 heterocycles. The van der Waals surface area contributed by atoms with Crippen LogP contribution in [-0.2, 0) is 0 Å². The van der Waals surface area contributed by atoms with Gasteiger partial charge in [0.1, 0.15) is 0 Å². The number of hydrogen-bond acceptors (Lipinski definition) is 1. The van der Waals surface area contributed by atoms with Gasteiger partial charge in [-0.15, -0.1) is 0 Å². The second-order valence-electron chi connectivity index (χ2n) is 3.07. The maximum absolute atomic E-state index is 12.8. The van der Waals surface area contributed by atoms with Gasteiger partial charge in [-0.1, -0.05) is 0 Å². The first kappa shape index (κ1) is 13.5. The van der Waals surface area contributed by atoms with Crippen LogP contribution in [0.4, 0.5) is 30.7 Å². The van der Waals surface area contributed by atoms with Crippen LogP contribution in [0.25, 0.3) is 0 Å². The van der Waals surface area contributed by atoms with Gasteiger partial charge < -0.3 is 5.11 Å². The molecule has 0 bridgehead atoms. The predicted molar refractivity (Wildman–Crippen MR) is 32.2 cm³/mol. The van der Waals surface area contributed by atoms with E-state index in [1.807, 2.05) is 0 Å². The first-order chi connectivity index (χ1) is 5.75. The van der Waals surface area contributed by atoms with Crippen molar-refractivity contribution in [3.8, 4) is 0 Å². The second-order valence-corrected chi connectivity index (χ2v) is 3.07. The van der Waals surface area contributed by atoms with Crippen LogP contribution < -0.4 is 0 Å². The molecule has 0 aromatic carbocycles. The summed E-state index contributed by atoms with van der Waals surface area (Å²) in [4.78, 5) is 0. The van der Waals surface area contributed by atoms with Crippen molar-refractivity contribution in [1.29, 1.82) is 0 Å². The number of halogens is 7. The van der Waals surface area contributed by atoms with E-state index >= 15 is 0 Å². The summed E-state index contributed by atoms with van der Waals surface area (Å²) in [6, 6.07) is 0. The highest BCUT2D eigenvalue weighted by Gasteiger charge is 2.72. The molecule has 0 aliphatic rings. The van der Waals surface area contributed by atoms with E-state index < -0.39 is 23.6 Å². The molecule has 0 saturated heterocycles. The molecule has 1 N–H and O–H groups in total. The van der Waals surface area contributed by atoms with Crippen molar-refractivity contribution in [3.05, 3.63) is 0 Å². The van der Waals surface area contributed by atoms with E-state index in [9.17, 15) is 30.7 Å². The maximum atomic E-state index is 12.8. The Morgan fingerprint density at radius 2 is 1.00 bits per heavy atom. The fraction of sp³-hybridized carbons (Fsp3) is 1.00. The van der Waals surface area contributed by atoms with Crippen LogP contribution in [0.1, 0.15) is 13.8 Å². The minimum atomic E-state index is -5.80. The number of rotatable bonds is 1. The lowest BCUT2D eigenvalue weighted by atomic mass is 9.86. The van der Waals surface area contributed by atoms with Crippen molar-refractivity contribution < 1.29 is 35.8 Å². The largest absolute Gasteiger partial charge is 0.425 e. The van der Waals surface area contributed by atoms with Crippen molar-refractivity contribution in [3.63, 3.8) is 0 Å². The zero-order chi connectivity index (χ0) is 12.0. The minimum absolute atomic E-state index is 0.263. The molecule has 1 nitrogen and oxygen atoms in total. The first-order valence-electron chi connectivity index (χ1n) is 3.30. The smallest absolute Gasteiger partial charge is 0.378 e. The van der Waals surface area contributed by atoms with Crippen LogP contribution in [0.3, 0.4) is 0 Å². The fourth-order valence-corrected chi connectivity index (χ4v) is 0.542. The van der Waals surface area contributed by atoms with Gasteiger partial charge in [0, 0.05) is 0 Å². The van der Waals surface area contributed by atoms with Crippen molar-refractivity contribution in [2.24, 2.45) is 0 Å². The van der Waals surface area contributed by atoms with Crippen LogP contribution in [-0.4, -0.2) is 28.7 Å². The number of hydrogen-bond donors (Lipinski definition) is 1. The summed E-state index contributed by atoms with van der Waals surface area (Å²) in [5.41, 5.74) is -9.23. The zero-order valence-electron chi connectivity index (χ0n) is 7.09. The summed E-state index contributed by atoms with van der Waals surface area (Å²) < 4.78 is 83.9. The molecule has 0 aromatic rings. The highest BCUT2D eigenvalue weighted by molar-refractivity contribution is 5.03. The molecule has 0 aliphatic carbocycles. The standard InChI is InChI=1S/C6H7F7O/c1-3(7,5(8,9)10)4(2,14)6(11,12)13/h14H,1-2H3. The third kappa shape index (κ3) is 1.79. The first-order valence-corrected chi connectivity index (χ1v) is 3.30. The summed E-state index contributed by atoms with van der Waals surface area (Å²) in [5.74, 6) is 0. The molecular weight excluding hydrogens is 221 g/mol. The van der Waals surface area contributed by atoms with Gasteiger partial charge in [-0.3, -0.25) is 0 Å². The van der Waals surface area contributed by atoms with Gasteiger partial charge in [0.05, 0.1) is 0 Å². The predicted octanol–water partition coefficient (Wildman–Crippen LogP) is 2.59. The Labute approximate surface area is 74.5 Å². The summed E-state index contributed by atoms with van der Waals surface area (Å²) in [6.07, 6.45) is -11.5. The zero-order valence-corrected chi connectivity index (χ0v) is 7.09. The van der Waals surface area contributed by atoms with Gasteiger partial charge in [0.2, 0.25) is 11.3 Å². The molecular formula is C6H7F7O. The Kier molecular flexibility index (Phi) is 2.87. The Hall–Kier alpha value is -0.530.